The van der Waals surface area contributed by atoms with Gasteiger partial charge in [-0.1, -0.05) is 24.6 Å². The lowest BCUT2D eigenvalue weighted by Gasteiger charge is -2.27. The molecule has 1 heterocycles. The molecule has 3 rings (SSSR count). The van der Waals surface area contributed by atoms with E-state index in [1.807, 2.05) is 6.07 Å². The van der Waals surface area contributed by atoms with E-state index >= 15 is 0 Å². The average Bonchev–Trinajstić information content (AvgIpc) is 2.45. The smallest absolute Gasteiger partial charge is 0.154 e. The van der Waals surface area contributed by atoms with Crippen LogP contribution in [-0.2, 0) is 22.7 Å². The standard InChI is InChI=1S/C16H21ClO2S/c17-16(15-7-3-4-10-20(15,18)19)14-9-8-12-5-1-2-6-13(12)11-14/h8-9,11,15-16H,1-7,10H2. The summed E-state index contributed by atoms with van der Waals surface area (Å²) in [6, 6.07) is 6.33. The first-order chi connectivity index (χ1) is 9.58. The number of aryl methyl sites for hydroxylation is 2. The molecule has 0 spiro atoms. The Labute approximate surface area is 126 Å². The highest BCUT2D eigenvalue weighted by molar-refractivity contribution is 7.92. The predicted octanol–water partition coefficient (Wildman–Crippen LogP) is 3.81. The van der Waals surface area contributed by atoms with Crippen molar-refractivity contribution in [2.45, 2.75) is 55.6 Å². The maximum absolute atomic E-state index is 12.2. The molecule has 0 saturated carbocycles. The molecule has 0 aromatic heterocycles. The molecule has 0 radical (unpaired) electrons. The minimum absolute atomic E-state index is 0.297. The molecule has 1 aromatic carbocycles. The summed E-state index contributed by atoms with van der Waals surface area (Å²) >= 11 is 6.53. The minimum Gasteiger partial charge on any atom is -0.228 e. The van der Waals surface area contributed by atoms with Crippen molar-refractivity contribution >= 4 is 21.4 Å². The highest BCUT2D eigenvalue weighted by Gasteiger charge is 2.35. The zero-order chi connectivity index (χ0) is 14.2. The Balaban J connectivity index is 1.88. The summed E-state index contributed by atoms with van der Waals surface area (Å²) in [6.07, 6.45) is 7.19. The molecule has 110 valence electrons. The van der Waals surface area contributed by atoms with Crippen LogP contribution in [0.15, 0.2) is 18.2 Å². The normalized spacial score (nSPS) is 26.8. The number of rotatable bonds is 2. The summed E-state index contributed by atoms with van der Waals surface area (Å²) in [5, 5.41) is -0.799. The van der Waals surface area contributed by atoms with Crippen LogP contribution in [-0.4, -0.2) is 19.4 Å². The van der Waals surface area contributed by atoms with Gasteiger partial charge in [0.1, 0.15) is 0 Å². The van der Waals surface area contributed by atoms with Gasteiger partial charge in [-0.25, -0.2) is 8.42 Å². The molecule has 1 fully saturated rings. The van der Waals surface area contributed by atoms with Crippen molar-refractivity contribution in [3.8, 4) is 0 Å². The number of hydrogen-bond acceptors (Lipinski definition) is 2. The quantitative estimate of drug-likeness (QED) is 0.778. The van der Waals surface area contributed by atoms with Gasteiger partial charge in [0.05, 0.1) is 16.4 Å². The Kier molecular flexibility index (Phi) is 4.09. The van der Waals surface area contributed by atoms with E-state index < -0.39 is 20.5 Å². The molecule has 0 amide bonds. The Hall–Kier alpha value is -0.540. The van der Waals surface area contributed by atoms with Crippen LogP contribution in [0.2, 0.25) is 0 Å². The maximum Gasteiger partial charge on any atom is 0.154 e. The highest BCUT2D eigenvalue weighted by atomic mass is 35.5. The van der Waals surface area contributed by atoms with E-state index in [0.29, 0.717) is 12.2 Å². The summed E-state index contributed by atoms with van der Waals surface area (Å²) < 4.78 is 24.4. The summed E-state index contributed by atoms with van der Waals surface area (Å²) in [5.41, 5.74) is 3.77. The summed E-state index contributed by atoms with van der Waals surface area (Å²) in [5.74, 6) is 0.297. The van der Waals surface area contributed by atoms with E-state index in [9.17, 15) is 8.42 Å². The van der Waals surface area contributed by atoms with Crippen molar-refractivity contribution in [1.82, 2.24) is 0 Å². The van der Waals surface area contributed by atoms with Crippen LogP contribution in [0.25, 0.3) is 0 Å². The van der Waals surface area contributed by atoms with E-state index in [1.165, 1.54) is 24.0 Å². The van der Waals surface area contributed by atoms with Gasteiger partial charge in [-0.3, -0.25) is 0 Å². The van der Waals surface area contributed by atoms with Crippen LogP contribution in [0, 0.1) is 0 Å². The predicted molar refractivity (Wildman–Crippen MR) is 83.1 cm³/mol. The average molecular weight is 313 g/mol. The maximum atomic E-state index is 12.2. The number of fused-ring (bicyclic) bond motifs is 1. The highest BCUT2D eigenvalue weighted by Crippen LogP contribution is 2.36. The first-order valence-corrected chi connectivity index (χ1v) is 9.70. The Morgan fingerprint density at radius 1 is 1.05 bits per heavy atom. The second-order valence-corrected chi connectivity index (χ2v) is 8.85. The molecule has 0 N–H and O–H groups in total. The third kappa shape index (κ3) is 2.75. The largest absolute Gasteiger partial charge is 0.228 e. The van der Waals surface area contributed by atoms with Crippen molar-refractivity contribution in [3.05, 3.63) is 34.9 Å². The molecule has 1 saturated heterocycles. The SMILES string of the molecule is O=S1(=O)CCCCC1C(Cl)c1ccc2c(c1)CCCC2. The van der Waals surface area contributed by atoms with Gasteiger partial charge in [-0.15, -0.1) is 11.6 Å². The molecular formula is C16H21ClO2S. The number of sulfone groups is 1. The monoisotopic (exact) mass is 312 g/mol. The zero-order valence-corrected chi connectivity index (χ0v) is 13.2. The minimum atomic E-state index is -3.02. The van der Waals surface area contributed by atoms with Gasteiger partial charge in [0, 0.05) is 0 Å². The Morgan fingerprint density at radius 3 is 2.55 bits per heavy atom. The Bertz CT molecular complexity index is 594. The van der Waals surface area contributed by atoms with Gasteiger partial charge < -0.3 is 0 Å². The number of alkyl halides is 1. The van der Waals surface area contributed by atoms with Gasteiger partial charge in [0.2, 0.25) is 0 Å². The van der Waals surface area contributed by atoms with Crippen molar-refractivity contribution in [2.75, 3.05) is 5.75 Å². The van der Waals surface area contributed by atoms with Crippen LogP contribution >= 0.6 is 11.6 Å². The van der Waals surface area contributed by atoms with Crippen molar-refractivity contribution in [2.24, 2.45) is 0 Å². The van der Waals surface area contributed by atoms with E-state index in [-0.39, 0.29) is 0 Å². The fourth-order valence-corrected chi connectivity index (χ4v) is 6.14. The first-order valence-electron chi connectivity index (χ1n) is 7.55. The molecule has 20 heavy (non-hydrogen) atoms. The molecule has 2 unspecified atom stereocenters. The molecule has 1 aromatic rings. The van der Waals surface area contributed by atoms with E-state index in [4.69, 9.17) is 11.6 Å². The molecule has 1 aliphatic heterocycles. The van der Waals surface area contributed by atoms with Crippen molar-refractivity contribution < 1.29 is 8.42 Å². The van der Waals surface area contributed by atoms with E-state index in [2.05, 4.69) is 12.1 Å². The zero-order valence-electron chi connectivity index (χ0n) is 11.6. The topological polar surface area (TPSA) is 34.1 Å². The number of halogens is 1. The van der Waals surface area contributed by atoms with Crippen LogP contribution in [0.4, 0.5) is 0 Å². The second-order valence-electron chi connectivity index (χ2n) is 6.04. The van der Waals surface area contributed by atoms with Crippen LogP contribution in [0.1, 0.15) is 54.2 Å². The summed E-state index contributed by atoms with van der Waals surface area (Å²) in [6.45, 7) is 0. The lowest BCUT2D eigenvalue weighted by atomic mass is 9.89. The molecule has 1 aliphatic carbocycles. The van der Waals surface area contributed by atoms with Crippen molar-refractivity contribution in [3.63, 3.8) is 0 Å². The summed E-state index contributed by atoms with van der Waals surface area (Å²) in [7, 11) is -3.02. The van der Waals surface area contributed by atoms with Crippen LogP contribution in [0.3, 0.4) is 0 Å². The van der Waals surface area contributed by atoms with Gasteiger partial charge in [-0.05, 0) is 55.2 Å². The van der Waals surface area contributed by atoms with Crippen molar-refractivity contribution in [1.29, 1.82) is 0 Å². The molecule has 2 atom stereocenters. The molecule has 4 heteroatoms. The lowest BCUT2D eigenvalue weighted by molar-refractivity contribution is 0.533. The van der Waals surface area contributed by atoms with Gasteiger partial charge >= 0.3 is 0 Å². The van der Waals surface area contributed by atoms with E-state index in [0.717, 1.165) is 31.2 Å². The Morgan fingerprint density at radius 2 is 1.80 bits per heavy atom. The third-order valence-electron chi connectivity index (χ3n) is 4.65. The molecule has 2 nitrogen and oxygen atoms in total. The van der Waals surface area contributed by atoms with Gasteiger partial charge in [0.25, 0.3) is 0 Å². The fourth-order valence-electron chi connectivity index (χ4n) is 3.45. The number of benzene rings is 1. The van der Waals surface area contributed by atoms with Crippen LogP contribution < -0.4 is 0 Å². The fraction of sp³-hybridized carbons (Fsp3) is 0.625. The first kappa shape index (κ1) is 14.4. The number of hydrogen-bond donors (Lipinski definition) is 0. The van der Waals surface area contributed by atoms with Gasteiger partial charge in [-0.2, -0.15) is 0 Å². The van der Waals surface area contributed by atoms with E-state index in [1.54, 1.807) is 0 Å². The third-order valence-corrected chi connectivity index (χ3v) is 7.64. The lowest BCUT2D eigenvalue weighted by Crippen LogP contribution is -2.32. The second kappa shape index (κ2) is 5.69. The van der Waals surface area contributed by atoms with Gasteiger partial charge in [0.15, 0.2) is 9.84 Å². The molecule has 2 aliphatic rings. The summed E-state index contributed by atoms with van der Waals surface area (Å²) in [4.78, 5) is 0. The molecule has 0 bridgehead atoms. The van der Waals surface area contributed by atoms with Crippen LogP contribution in [0.5, 0.6) is 0 Å². The molecular weight excluding hydrogens is 292 g/mol.